The van der Waals surface area contributed by atoms with Gasteiger partial charge in [0.2, 0.25) is 0 Å². The van der Waals surface area contributed by atoms with E-state index in [1.807, 2.05) is 5.38 Å². The lowest BCUT2D eigenvalue weighted by molar-refractivity contribution is 0.0883. The van der Waals surface area contributed by atoms with Crippen molar-refractivity contribution in [3.05, 3.63) is 57.8 Å². The van der Waals surface area contributed by atoms with Crippen molar-refractivity contribution in [3.8, 4) is 0 Å². The van der Waals surface area contributed by atoms with Gasteiger partial charge in [-0.15, -0.1) is 0 Å². The number of benzene rings is 1. The average Bonchev–Trinajstić information content (AvgIpc) is 3.10. The Kier molecular flexibility index (Phi) is 5.78. The summed E-state index contributed by atoms with van der Waals surface area (Å²) in [6.45, 7) is 4.16. The van der Waals surface area contributed by atoms with E-state index >= 15 is 0 Å². The van der Waals surface area contributed by atoms with Crippen LogP contribution in [0.15, 0.2) is 35.0 Å². The van der Waals surface area contributed by atoms with Crippen LogP contribution in [0.5, 0.6) is 0 Å². The normalized spacial score (nSPS) is 17.4. The first-order chi connectivity index (χ1) is 12.0. The lowest BCUT2D eigenvalue weighted by Gasteiger charge is -2.38. The van der Waals surface area contributed by atoms with Crippen molar-refractivity contribution in [2.45, 2.75) is 6.04 Å². The maximum absolute atomic E-state index is 13.8. The van der Waals surface area contributed by atoms with E-state index in [-0.39, 0.29) is 11.6 Å². The molecule has 1 amide bonds. The van der Waals surface area contributed by atoms with Gasteiger partial charge in [-0.3, -0.25) is 9.69 Å². The Labute approximate surface area is 150 Å². The first-order valence-corrected chi connectivity index (χ1v) is 9.17. The zero-order valence-corrected chi connectivity index (χ0v) is 14.9. The van der Waals surface area contributed by atoms with E-state index in [4.69, 9.17) is 0 Å². The number of amides is 1. The standard InChI is InChI=1S/C18H21F2N3OS/c1-22-5-7-23(8-6-22)17(13-4-9-25-12-13)11-21-18(24)15-3-2-14(19)10-16(15)20/h2-4,9-10,12,17H,5-8,11H2,1H3,(H,21,24). The highest BCUT2D eigenvalue weighted by atomic mass is 32.1. The number of rotatable bonds is 5. The lowest BCUT2D eigenvalue weighted by atomic mass is 10.1. The summed E-state index contributed by atoms with van der Waals surface area (Å²) in [5.74, 6) is -2.06. The van der Waals surface area contributed by atoms with Crippen molar-refractivity contribution in [1.29, 1.82) is 0 Å². The Balaban J connectivity index is 1.69. The van der Waals surface area contributed by atoms with Crippen LogP contribution in [0.4, 0.5) is 8.78 Å². The number of hydrogen-bond donors (Lipinski definition) is 1. The molecule has 134 valence electrons. The minimum Gasteiger partial charge on any atom is -0.350 e. The minimum atomic E-state index is -0.843. The summed E-state index contributed by atoms with van der Waals surface area (Å²) in [6.07, 6.45) is 0. The molecule has 1 unspecified atom stereocenters. The quantitative estimate of drug-likeness (QED) is 0.885. The first-order valence-electron chi connectivity index (χ1n) is 8.22. The van der Waals surface area contributed by atoms with Gasteiger partial charge in [-0.05, 0) is 41.6 Å². The molecule has 1 atom stereocenters. The van der Waals surface area contributed by atoms with Crippen molar-refractivity contribution >= 4 is 17.2 Å². The van der Waals surface area contributed by atoms with E-state index in [1.165, 1.54) is 6.07 Å². The zero-order valence-electron chi connectivity index (χ0n) is 14.0. The van der Waals surface area contributed by atoms with Crippen LogP contribution in [0.1, 0.15) is 22.0 Å². The second-order valence-corrected chi connectivity index (χ2v) is 7.03. The van der Waals surface area contributed by atoms with E-state index < -0.39 is 17.5 Å². The third kappa shape index (κ3) is 4.42. The van der Waals surface area contributed by atoms with Gasteiger partial charge in [-0.25, -0.2) is 8.78 Å². The molecule has 7 heteroatoms. The molecule has 1 aliphatic heterocycles. The van der Waals surface area contributed by atoms with Gasteiger partial charge in [0.1, 0.15) is 11.6 Å². The zero-order chi connectivity index (χ0) is 17.8. The molecule has 0 spiro atoms. The number of thiophene rings is 1. The molecule has 0 radical (unpaired) electrons. The first kappa shape index (κ1) is 18.0. The Morgan fingerprint density at radius 2 is 2.00 bits per heavy atom. The molecule has 1 aromatic carbocycles. The van der Waals surface area contributed by atoms with Gasteiger partial charge in [-0.2, -0.15) is 11.3 Å². The van der Waals surface area contributed by atoms with Crippen LogP contribution in [-0.2, 0) is 0 Å². The van der Waals surface area contributed by atoms with Gasteiger partial charge in [0.25, 0.3) is 5.91 Å². The topological polar surface area (TPSA) is 35.6 Å². The number of carbonyl (C=O) groups excluding carboxylic acids is 1. The van der Waals surface area contributed by atoms with Crippen molar-refractivity contribution in [1.82, 2.24) is 15.1 Å². The van der Waals surface area contributed by atoms with Crippen LogP contribution in [0.25, 0.3) is 0 Å². The number of nitrogens with one attached hydrogen (secondary N) is 1. The Morgan fingerprint density at radius 1 is 1.24 bits per heavy atom. The van der Waals surface area contributed by atoms with Gasteiger partial charge in [0.15, 0.2) is 0 Å². The molecule has 25 heavy (non-hydrogen) atoms. The average molecular weight is 365 g/mol. The van der Waals surface area contributed by atoms with Gasteiger partial charge in [0, 0.05) is 38.8 Å². The van der Waals surface area contributed by atoms with Gasteiger partial charge < -0.3 is 10.2 Å². The molecule has 1 saturated heterocycles. The number of likely N-dealkylation sites (N-methyl/N-ethyl adjacent to an activating group) is 1. The third-order valence-corrected chi connectivity index (χ3v) is 5.24. The number of hydrogen-bond acceptors (Lipinski definition) is 4. The molecule has 4 nitrogen and oxygen atoms in total. The van der Waals surface area contributed by atoms with Gasteiger partial charge >= 0.3 is 0 Å². The highest BCUT2D eigenvalue weighted by Gasteiger charge is 2.25. The number of halogens is 2. The second kappa shape index (κ2) is 8.03. The van der Waals surface area contributed by atoms with E-state index in [9.17, 15) is 13.6 Å². The number of nitrogens with zero attached hydrogens (tertiary/aromatic N) is 2. The molecule has 3 rings (SSSR count). The minimum absolute atomic E-state index is 0.0485. The van der Waals surface area contributed by atoms with Gasteiger partial charge in [0.05, 0.1) is 11.6 Å². The lowest BCUT2D eigenvalue weighted by Crippen LogP contribution is -2.48. The van der Waals surface area contributed by atoms with Crippen molar-refractivity contribution in [2.75, 3.05) is 39.8 Å². The molecule has 0 bridgehead atoms. The van der Waals surface area contributed by atoms with Crippen LogP contribution >= 0.6 is 11.3 Å². The predicted octanol–water partition coefficient (Wildman–Crippen LogP) is 2.74. The highest BCUT2D eigenvalue weighted by molar-refractivity contribution is 7.07. The van der Waals surface area contributed by atoms with Crippen LogP contribution in [-0.4, -0.2) is 55.5 Å². The molecule has 1 aliphatic rings. The third-order valence-electron chi connectivity index (χ3n) is 4.54. The summed E-state index contributed by atoms with van der Waals surface area (Å²) in [7, 11) is 2.09. The summed E-state index contributed by atoms with van der Waals surface area (Å²) in [4.78, 5) is 16.9. The van der Waals surface area contributed by atoms with E-state index in [0.717, 1.165) is 43.9 Å². The summed E-state index contributed by atoms with van der Waals surface area (Å²) >= 11 is 1.62. The molecule has 2 aromatic rings. The fourth-order valence-electron chi connectivity index (χ4n) is 3.01. The molecule has 1 aromatic heterocycles. The molecule has 0 saturated carbocycles. The maximum atomic E-state index is 13.8. The predicted molar refractivity (Wildman–Crippen MR) is 94.8 cm³/mol. The van der Waals surface area contributed by atoms with Crippen molar-refractivity contribution in [2.24, 2.45) is 0 Å². The summed E-state index contributed by atoms with van der Waals surface area (Å²) in [5, 5.41) is 6.89. The SMILES string of the molecule is CN1CCN(C(CNC(=O)c2ccc(F)cc2F)c2ccsc2)CC1. The summed E-state index contributed by atoms with van der Waals surface area (Å²) in [6, 6.07) is 5.10. The summed E-state index contributed by atoms with van der Waals surface area (Å²) in [5.41, 5.74) is 1.01. The van der Waals surface area contributed by atoms with E-state index in [1.54, 1.807) is 11.3 Å². The Bertz CT molecular complexity index is 715. The van der Waals surface area contributed by atoms with Crippen molar-refractivity contribution in [3.63, 3.8) is 0 Å². The Hall–Kier alpha value is -1.83. The monoisotopic (exact) mass is 365 g/mol. The smallest absolute Gasteiger partial charge is 0.254 e. The number of carbonyl (C=O) groups is 1. The molecular weight excluding hydrogens is 344 g/mol. The largest absolute Gasteiger partial charge is 0.350 e. The van der Waals surface area contributed by atoms with Crippen molar-refractivity contribution < 1.29 is 13.6 Å². The molecule has 1 fully saturated rings. The molecular formula is C18H21F2N3OS. The van der Waals surface area contributed by atoms with Gasteiger partial charge in [-0.1, -0.05) is 0 Å². The van der Waals surface area contributed by atoms with Crippen LogP contribution in [0.3, 0.4) is 0 Å². The molecule has 1 N–H and O–H groups in total. The fraction of sp³-hybridized carbons (Fsp3) is 0.389. The van der Waals surface area contributed by atoms with E-state index in [0.29, 0.717) is 6.54 Å². The summed E-state index contributed by atoms with van der Waals surface area (Å²) < 4.78 is 26.8. The second-order valence-electron chi connectivity index (χ2n) is 6.25. The fourth-order valence-corrected chi connectivity index (χ4v) is 3.72. The van der Waals surface area contributed by atoms with Crippen LogP contribution < -0.4 is 5.32 Å². The van der Waals surface area contributed by atoms with Crippen LogP contribution in [0, 0.1) is 11.6 Å². The highest BCUT2D eigenvalue weighted by Crippen LogP contribution is 2.24. The van der Waals surface area contributed by atoms with Crippen LogP contribution in [0.2, 0.25) is 0 Å². The molecule has 0 aliphatic carbocycles. The Morgan fingerprint density at radius 3 is 2.64 bits per heavy atom. The number of piperazine rings is 1. The maximum Gasteiger partial charge on any atom is 0.254 e. The molecule has 2 heterocycles. The van der Waals surface area contributed by atoms with E-state index in [2.05, 4.69) is 33.6 Å².